The lowest BCUT2D eigenvalue weighted by Crippen LogP contribution is -2.71. The summed E-state index contributed by atoms with van der Waals surface area (Å²) in [5, 5.41) is 109. The summed E-state index contributed by atoms with van der Waals surface area (Å²) in [6.07, 6.45) is -10.8. The van der Waals surface area contributed by atoms with E-state index >= 15 is 0 Å². The van der Waals surface area contributed by atoms with E-state index in [-0.39, 0.29) is 6.42 Å². The number of hydrogen-bond donors (Lipinski definition) is 14. The molecule has 0 radical (unpaired) electrons. The van der Waals surface area contributed by atoms with E-state index in [2.05, 4.69) is 44.5 Å². The minimum absolute atomic E-state index is 0.0274. The Hall–Kier alpha value is -3.15. The molecule has 20 atom stereocenters. The van der Waals surface area contributed by atoms with Crippen LogP contribution in [0.5, 0.6) is 0 Å². The third-order valence-electron chi connectivity index (χ3n) is 13.6. The molecule has 14 N–H and O–H groups in total. The molecule has 28 nitrogen and oxygen atoms in total. The Bertz CT molecular complexity index is 1940. The fraction of sp³-hybridized carbons (Fsp3) is 0.875. The largest absolute Gasteiger partial charge is 0.397 e. The topological polar surface area (TPSA) is 427 Å². The number of rotatable bonds is 31. The van der Waals surface area contributed by atoms with E-state index in [4.69, 9.17) is 33.2 Å². The molecule has 0 aromatic carbocycles. The summed E-state index contributed by atoms with van der Waals surface area (Å²) in [5.41, 5.74) is 0. The van der Waals surface area contributed by atoms with Crippen molar-refractivity contribution in [3.63, 3.8) is 0 Å². The summed E-state index contributed by atoms with van der Waals surface area (Å²) >= 11 is 0. The third-order valence-corrected chi connectivity index (χ3v) is 14.1. The second-order valence-corrected chi connectivity index (χ2v) is 20.9. The molecular weight excluding hydrogens is 1050 g/mol. The van der Waals surface area contributed by atoms with Crippen LogP contribution < -0.4 is 21.3 Å². The average molecular weight is 1130 g/mol. The molecule has 446 valence electrons. The zero-order valence-electron chi connectivity index (χ0n) is 44.0. The minimum Gasteiger partial charge on any atom is -0.394 e. The van der Waals surface area contributed by atoms with Crippen LogP contribution >= 0.6 is 0 Å². The Morgan fingerprint density at radius 3 is 1.32 bits per heavy atom. The van der Waals surface area contributed by atoms with Gasteiger partial charge < -0.3 is 100 Å². The zero-order chi connectivity index (χ0) is 57.0. The number of ether oxygens (including phenoxy) is 7. The van der Waals surface area contributed by atoms with Gasteiger partial charge in [-0.3, -0.25) is 23.7 Å². The van der Waals surface area contributed by atoms with Gasteiger partial charge in [-0.05, 0) is 32.1 Å². The lowest BCUT2D eigenvalue weighted by molar-refractivity contribution is -0.361. The number of allylic oxidation sites excluding steroid dienone is 2. The van der Waals surface area contributed by atoms with Gasteiger partial charge >= 0.3 is 10.4 Å². The maximum atomic E-state index is 13.3. The Kier molecular flexibility index (Phi) is 28.4. The van der Waals surface area contributed by atoms with Gasteiger partial charge in [-0.15, -0.1) is 0 Å². The van der Waals surface area contributed by atoms with Gasteiger partial charge in [0.2, 0.25) is 23.6 Å². The quantitative estimate of drug-likeness (QED) is 0.0183. The SMILES string of the molecule is CCCCCCCC/C=C\CCCCCCCC(=O)N[C@H]1[C@H](O[C@H]2C(O)[C@@H](NC(C)=O)[C@H](O[C@H]3[C@H](O)[C@@H](NC(C)=O)[C@H](O[C@H]4C(O)[C@@H](NC(C)=O)C(O)O[C@@H]4COS(=O)(=O)O)O[C@@H]3CO)O[C@@H]2CO)O[C@H](CO)[C@@H](O)[C@@H]1O. The minimum atomic E-state index is -5.15. The Morgan fingerprint density at radius 2 is 0.883 bits per heavy atom. The lowest BCUT2D eigenvalue weighted by Gasteiger charge is -2.51. The molecule has 4 rings (SSSR count). The van der Waals surface area contributed by atoms with E-state index in [1.54, 1.807) is 0 Å². The summed E-state index contributed by atoms with van der Waals surface area (Å²) in [4.78, 5) is 50.5. The predicted octanol–water partition coefficient (Wildman–Crippen LogP) is -3.33. The van der Waals surface area contributed by atoms with Crippen LogP contribution in [0.25, 0.3) is 0 Å². The number of carbonyl (C=O) groups is 4. The second-order valence-electron chi connectivity index (χ2n) is 19.8. The molecule has 0 bridgehead atoms. The van der Waals surface area contributed by atoms with E-state index in [0.29, 0.717) is 6.42 Å². The van der Waals surface area contributed by atoms with Crippen molar-refractivity contribution in [2.45, 2.75) is 240 Å². The molecule has 4 aliphatic rings. The maximum absolute atomic E-state index is 13.3. The molecule has 0 aromatic heterocycles. The van der Waals surface area contributed by atoms with Gasteiger partial charge in [0.15, 0.2) is 25.2 Å². The first-order chi connectivity index (χ1) is 36.5. The predicted molar refractivity (Wildman–Crippen MR) is 264 cm³/mol. The molecule has 4 fully saturated rings. The molecule has 29 heteroatoms. The molecule has 4 aliphatic heterocycles. The number of aliphatic hydroxyl groups is 9. The smallest absolute Gasteiger partial charge is 0.394 e. The molecule has 4 heterocycles. The molecule has 0 saturated carbocycles. The number of aliphatic hydroxyl groups excluding tert-OH is 9. The number of unbranched alkanes of at least 4 members (excludes halogenated alkanes) is 11. The second kappa shape index (κ2) is 32.9. The van der Waals surface area contributed by atoms with E-state index in [1.165, 1.54) is 38.5 Å². The van der Waals surface area contributed by atoms with Gasteiger partial charge in [-0.25, -0.2) is 4.18 Å². The van der Waals surface area contributed by atoms with Crippen LogP contribution in [0, 0.1) is 0 Å². The van der Waals surface area contributed by atoms with Crippen molar-refractivity contribution in [1.29, 1.82) is 0 Å². The standard InChI is InChI=1S/C48H84N4O24S/c1-5-6-7-8-9-10-11-12-13-14-15-16-17-18-19-20-32(59)52-34-38(61)37(60)28(21-53)71-46(34)74-42-29(22-54)72-47(35(40(42)63)50-26(3)57)75-43-30(23-55)73-48(36(41(43)64)51-27(4)58)76-44-31(24-69-77(66,67)68)70-45(65)33(39(44)62)49-25(2)56/h12-13,28-31,33-48,53-55,60-65H,5-11,14-24H2,1-4H3,(H,49,56)(H,50,57)(H,51,58)(H,52,59)(H,66,67,68)/b13-12-/t28-,29-,30-,31-,33-,34-,35-,36-,37-,38-,39?,40?,41-,42-,43-,44-,45?,46+,47+,48+/m1/s1. The summed E-state index contributed by atoms with van der Waals surface area (Å²) in [7, 11) is -5.15. The van der Waals surface area contributed by atoms with Crippen molar-refractivity contribution in [2.75, 3.05) is 26.4 Å². The lowest BCUT2D eigenvalue weighted by atomic mass is 9.93. The van der Waals surface area contributed by atoms with Crippen LogP contribution in [0.2, 0.25) is 0 Å². The molecule has 4 saturated heterocycles. The van der Waals surface area contributed by atoms with E-state index in [0.717, 1.165) is 59.3 Å². The Labute approximate surface area is 448 Å². The fourth-order valence-electron chi connectivity index (χ4n) is 9.69. The summed E-state index contributed by atoms with van der Waals surface area (Å²) in [6, 6.07) is -6.58. The van der Waals surface area contributed by atoms with Crippen molar-refractivity contribution in [1.82, 2.24) is 21.3 Å². The first-order valence-electron chi connectivity index (χ1n) is 26.4. The molecule has 0 aliphatic carbocycles. The normalized spacial score (nSPS) is 35.8. The van der Waals surface area contributed by atoms with Crippen molar-refractivity contribution in [3.8, 4) is 0 Å². The molecule has 0 aromatic rings. The van der Waals surface area contributed by atoms with Gasteiger partial charge in [0.05, 0.1) is 26.4 Å². The number of carbonyl (C=O) groups excluding carboxylic acids is 4. The zero-order valence-corrected chi connectivity index (χ0v) is 44.8. The molecule has 0 spiro atoms. The average Bonchev–Trinajstić information content (AvgIpc) is 3.37. The van der Waals surface area contributed by atoms with Crippen LogP contribution in [-0.4, -0.2) is 232 Å². The van der Waals surface area contributed by atoms with E-state index in [1.807, 2.05) is 0 Å². The maximum Gasteiger partial charge on any atom is 0.397 e. The van der Waals surface area contributed by atoms with Crippen LogP contribution in [0.3, 0.4) is 0 Å². The van der Waals surface area contributed by atoms with Crippen LogP contribution in [0.15, 0.2) is 12.2 Å². The van der Waals surface area contributed by atoms with Crippen molar-refractivity contribution >= 4 is 34.0 Å². The Balaban J connectivity index is 1.47. The van der Waals surface area contributed by atoms with Crippen molar-refractivity contribution in [3.05, 3.63) is 12.2 Å². The highest BCUT2D eigenvalue weighted by atomic mass is 32.3. The number of hydrogen-bond acceptors (Lipinski definition) is 23. The monoisotopic (exact) mass is 1130 g/mol. The van der Waals surface area contributed by atoms with Gasteiger partial charge in [0, 0.05) is 27.2 Å². The van der Waals surface area contributed by atoms with Crippen LogP contribution in [0.1, 0.15) is 118 Å². The number of nitrogens with one attached hydrogen (secondary N) is 4. The summed E-state index contributed by atoms with van der Waals surface area (Å²) in [5.74, 6) is -2.91. The van der Waals surface area contributed by atoms with Crippen molar-refractivity contribution < 1.29 is 115 Å². The van der Waals surface area contributed by atoms with Crippen LogP contribution in [-0.2, 0) is 66.9 Å². The Morgan fingerprint density at radius 1 is 0.494 bits per heavy atom. The summed E-state index contributed by atoms with van der Waals surface area (Å²) in [6.45, 7) is 1.42. The van der Waals surface area contributed by atoms with Crippen molar-refractivity contribution in [2.24, 2.45) is 0 Å². The van der Waals surface area contributed by atoms with Gasteiger partial charge in [-0.1, -0.05) is 70.4 Å². The third kappa shape index (κ3) is 20.4. The first-order valence-corrected chi connectivity index (χ1v) is 27.8. The number of amides is 4. The van der Waals surface area contributed by atoms with Crippen LogP contribution in [0.4, 0.5) is 0 Å². The molecule has 3 unspecified atom stereocenters. The first kappa shape index (κ1) is 66.4. The summed E-state index contributed by atoms with van der Waals surface area (Å²) < 4.78 is 77.9. The van der Waals surface area contributed by atoms with E-state index < -0.39 is 183 Å². The highest BCUT2D eigenvalue weighted by Crippen LogP contribution is 2.35. The molecular formula is C48H84N4O24S. The van der Waals surface area contributed by atoms with Gasteiger partial charge in [-0.2, -0.15) is 8.42 Å². The van der Waals surface area contributed by atoms with Gasteiger partial charge in [0.25, 0.3) is 0 Å². The highest BCUT2D eigenvalue weighted by Gasteiger charge is 2.56. The molecule has 77 heavy (non-hydrogen) atoms. The molecule has 4 amide bonds. The fourth-order valence-corrected chi connectivity index (χ4v) is 10.00. The highest BCUT2D eigenvalue weighted by molar-refractivity contribution is 7.80. The van der Waals surface area contributed by atoms with Gasteiger partial charge in [0.1, 0.15) is 97.4 Å². The van der Waals surface area contributed by atoms with E-state index in [9.17, 15) is 78.1 Å².